The number of hydrogen-bond donors (Lipinski definition) is 2. The molecule has 0 aliphatic heterocycles. The Hall–Kier alpha value is -2.38. The summed E-state index contributed by atoms with van der Waals surface area (Å²) in [5, 5.41) is 17.9. The first-order chi connectivity index (χ1) is 14.9. The third-order valence-corrected chi connectivity index (χ3v) is 6.74. The summed E-state index contributed by atoms with van der Waals surface area (Å²) < 4.78 is 2.81. The molecule has 0 atom stereocenters. The number of aliphatic carboxylic acids is 1. The van der Waals surface area contributed by atoms with Crippen molar-refractivity contribution in [1.82, 2.24) is 15.1 Å². The van der Waals surface area contributed by atoms with E-state index in [2.05, 4.69) is 26.3 Å². The number of aromatic nitrogens is 2. The number of carboxylic acid groups (broad SMARTS) is 1. The summed E-state index contributed by atoms with van der Waals surface area (Å²) in [6.07, 6.45) is 5.11. The van der Waals surface area contributed by atoms with Crippen LogP contribution in [0.5, 0.6) is 0 Å². The lowest BCUT2D eigenvalue weighted by molar-refractivity contribution is -0.138. The fraction of sp³-hybridized carbons (Fsp3) is 0.348. The third kappa shape index (κ3) is 5.10. The average molecular weight is 505 g/mol. The molecule has 0 unspecified atom stereocenters. The van der Waals surface area contributed by atoms with Gasteiger partial charge in [0.2, 0.25) is 0 Å². The van der Waals surface area contributed by atoms with E-state index in [4.69, 9.17) is 16.7 Å². The molecule has 1 fully saturated rings. The third-order valence-electron chi connectivity index (χ3n) is 5.88. The van der Waals surface area contributed by atoms with E-state index in [1.165, 1.54) is 0 Å². The van der Waals surface area contributed by atoms with Crippen LogP contribution in [0.4, 0.5) is 0 Å². The van der Waals surface area contributed by atoms with Crippen molar-refractivity contribution in [2.75, 3.05) is 0 Å². The van der Waals surface area contributed by atoms with Crippen LogP contribution in [0.3, 0.4) is 0 Å². The summed E-state index contributed by atoms with van der Waals surface area (Å²) in [4.78, 5) is 24.1. The molecule has 162 valence electrons. The second-order valence-corrected chi connectivity index (χ2v) is 9.40. The monoisotopic (exact) mass is 503 g/mol. The zero-order chi connectivity index (χ0) is 22.0. The molecule has 1 aliphatic rings. The highest BCUT2D eigenvalue weighted by Gasteiger charge is 2.25. The molecule has 1 saturated carbocycles. The normalized spacial score (nSPS) is 18.8. The number of carbonyl (C=O) groups excluding carboxylic acids is 1. The molecule has 1 amide bonds. The Labute approximate surface area is 193 Å². The van der Waals surface area contributed by atoms with Crippen LogP contribution in [0, 0.1) is 5.92 Å². The molecule has 0 saturated heterocycles. The maximum absolute atomic E-state index is 13.1. The number of halogens is 2. The molecule has 0 radical (unpaired) electrons. The zero-order valence-corrected chi connectivity index (χ0v) is 19.2. The number of benzene rings is 2. The van der Waals surface area contributed by atoms with Crippen molar-refractivity contribution in [2.45, 2.75) is 44.7 Å². The van der Waals surface area contributed by atoms with Gasteiger partial charge in [-0.2, -0.15) is 5.10 Å². The van der Waals surface area contributed by atoms with Gasteiger partial charge < -0.3 is 10.4 Å². The van der Waals surface area contributed by atoms with E-state index in [0.29, 0.717) is 22.6 Å². The van der Waals surface area contributed by atoms with E-state index >= 15 is 0 Å². The minimum atomic E-state index is -0.755. The highest BCUT2D eigenvalue weighted by molar-refractivity contribution is 9.10. The first kappa shape index (κ1) is 21.8. The molecule has 0 spiro atoms. The lowest BCUT2D eigenvalue weighted by Gasteiger charge is -2.28. The first-order valence-corrected chi connectivity index (χ1v) is 11.5. The van der Waals surface area contributed by atoms with Crippen LogP contribution in [0.25, 0.3) is 10.9 Å². The van der Waals surface area contributed by atoms with Gasteiger partial charge in [0.25, 0.3) is 5.91 Å². The van der Waals surface area contributed by atoms with Crippen molar-refractivity contribution >= 4 is 50.3 Å². The molecule has 2 N–H and O–H groups in total. The number of carboxylic acids is 1. The van der Waals surface area contributed by atoms with Gasteiger partial charge in [0.1, 0.15) is 0 Å². The summed E-state index contributed by atoms with van der Waals surface area (Å²) >= 11 is 9.82. The standard InChI is InChI=1S/C23H23BrClN3O3/c24-16-5-1-15(2-6-16)13-28-22-18(9-10-20(25)19(22)12-26-28)23(31)27-17-7-3-14(4-8-17)11-21(29)30/h1-2,5-6,9-10,12,14,17H,3-4,7-8,11,13H2,(H,27,31)(H,29,30). The maximum atomic E-state index is 13.1. The molecule has 3 aromatic rings. The van der Waals surface area contributed by atoms with Gasteiger partial charge in [0, 0.05) is 22.3 Å². The van der Waals surface area contributed by atoms with Crippen LogP contribution in [0.1, 0.15) is 48.0 Å². The van der Waals surface area contributed by atoms with Crippen molar-refractivity contribution in [2.24, 2.45) is 5.92 Å². The average Bonchev–Trinajstić information content (AvgIpc) is 3.15. The number of nitrogens with zero attached hydrogens (tertiary/aromatic N) is 2. The second kappa shape index (κ2) is 9.40. The molecular weight excluding hydrogens is 482 g/mol. The molecular formula is C23H23BrClN3O3. The number of rotatable bonds is 6. The molecule has 0 bridgehead atoms. The smallest absolute Gasteiger partial charge is 0.303 e. The summed E-state index contributed by atoms with van der Waals surface area (Å²) in [5.41, 5.74) is 2.32. The van der Waals surface area contributed by atoms with Gasteiger partial charge in [0.05, 0.1) is 28.8 Å². The molecule has 2 aromatic carbocycles. The molecule has 1 aromatic heterocycles. The number of carbonyl (C=O) groups is 2. The summed E-state index contributed by atoms with van der Waals surface area (Å²) in [7, 11) is 0. The van der Waals surface area contributed by atoms with Crippen LogP contribution in [-0.2, 0) is 11.3 Å². The predicted octanol–water partition coefficient (Wildman–Crippen LogP) is 5.26. The minimum Gasteiger partial charge on any atom is -0.481 e. The maximum Gasteiger partial charge on any atom is 0.303 e. The molecule has 4 rings (SSSR count). The number of nitrogens with one attached hydrogen (secondary N) is 1. The largest absolute Gasteiger partial charge is 0.481 e. The Bertz CT molecular complexity index is 1110. The van der Waals surface area contributed by atoms with Crippen molar-refractivity contribution < 1.29 is 14.7 Å². The Balaban J connectivity index is 1.54. The molecule has 1 aliphatic carbocycles. The van der Waals surface area contributed by atoms with E-state index in [1.807, 2.05) is 28.9 Å². The van der Waals surface area contributed by atoms with E-state index in [9.17, 15) is 9.59 Å². The van der Waals surface area contributed by atoms with Crippen molar-refractivity contribution in [3.8, 4) is 0 Å². The van der Waals surface area contributed by atoms with Gasteiger partial charge in [0.15, 0.2) is 0 Å². The quantitative estimate of drug-likeness (QED) is 0.479. The van der Waals surface area contributed by atoms with Crippen LogP contribution < -0.4 is 5.32 Å². The lowest BCUT2D eigenvalue weighted by atomic mass is 9.84. The van der Waals surface area contributed by atoms with Crippen LogP contribution >= 0.6 is 27.5 Å². The number of hydrogen-bond acceptors (Lipinski definition) is 3. The Morgan fingerprint density at radius 1 is 1.13 bits per heavy atom. The van der Waals surface area contributed by atoms with Gasteiger partial charge in [-0.05, 0) is 61.4 Å². The molecule has 1 heterocycles. The van der Waals surface area contributed by atoms with Crippen molar-refractivity contribution in [3.63, 3.8) is 0 Å². The predicted molar refractivity (Wildman–Crippen MR) is 123 cm³/mol. The van der Waals surface area contributed by atoms with Gasteiger partial charge in [-0.15, -0.1) is 0 Å². The van der Waals surface area contributed by atoms with E-state index in [1.54, 1.807) is 18.3 Å². The highest BCUT2D eigenvalue weighted by Crippen LogP contribution is 2.29. The van der Waals surface area contributed by atoms with Gasteiger partial charge in [-0.3, -0.25) is 14.3 Å². The topological polar surface area (TPSA) is 84.2 Å². The zero-order valence-electron chi connectivity index (χ0n) is 16.9. The van der Waals surface area contributed by atoms with Crippen LogP contribution in [0.15, 0.2) is 47.1 Å². The number of fused-ring (bicyclic) bond motifs is 1. The van der Waals surface area contributed by atoms with E-state index in [-0.39, 0.29) is 24.3 Å². The van der Waals surface area contributed by atoms with Gasteiger partial charge >= 0.3 is 5.97 Å². The lowest BCUT2D eigenvalue weighted by Crippen LogP contribution is -2.38. The van der Waals surface area contributed by atoms with E-state index < -0.39 is 5.97 Å². The Morgan fingerprint density at radius 3 is 2.52 bits per heavy atom. The SMILES string of the molecule is O=C(O)CC1CCC(NC(=O)c2ccc(Cl)c3cnn(Cc4ccc(Br)cc4)c23)CC1. The van der Waals surface area contributed by atoms with Gasteiger partial charge in [-0.1, -0.05) is 39.7 Å². The Morgan fingerprint density at radius 2 is 1.84 bits per heavy atom. The summed E-state index contributed by atoms with van der Waals surface area (Å²) in [6.45, 7) is 0.525. The summed E-state index contributed by atoms with van der Waals surface area (Å²) in [6, 6.07) is 11.5. The highest BCUT2D eigenvalue weighted by atomic mass is 79.9. The summed E-state index contributed by atoms with van der Waals surface area (Å²) in [5.74, 6) is -0.712. The van der Waals surface area contributed by atoms with Gasteiger partial charge in [-0.25, -0.2) is 0 Å². The van der Waals surface area contributed by atoms with E-state index in [0.717, 1.165) is 41.1 Å². The fourth-order valence-corrected chi connectivity index (χ4v) is 4.72. The van der Waals surface area contributed by atoms with Crippen molar-refractivity contribution in [1.29, 1.82) is 0 Å². The molecule has 8 heteroatoms. The van der Waals surface area contributed by atoms with Crippen LogP contribution in [0.2, 0.25) is 5.02 Å². The molecule has 6 nitrogen and oxygen atoms in total. The van der Waals surface area contributed by atoms with Crippen molar-refractivity contribution in [3.05, 3.63) is 63.2 Å². The first-order valence-electron chi connectivity index (χ1n) is 10.3. The number of amides is 1. The fourth-order valence-electron chi connectivity index (χ4n) is 4.26. The van der Waals surface area contributed by atoms with Crippen LogP contribution in [-0.4, -0.2) is 32.8 Å². The Kier molecular flexibility index (Phi) is 6.62. The second-order valence-electron chi connectivity index (χ2n) is 8.07. The molecule has 31 heavy (non-hydrogen) atoms. The minimum absolute atomic E-state index is 0.0473.